The summed E-state index contributed by atoms with van der Waals surface area (Å²) in [4.78, 5) is 16.9. The third kappa shape index (κ3) is 1.85. The van der Waals surface area contributed by atoms with Crippen molar-refractivity contribution in [3.63, 3.8) is 0 Å². The molecule has 0 saturated heterocycles. The van der Waals surface area contributed by atoms with E-state index in [9.17, 15) is 4.79 Å². The molecule has 0 aliphatic rings. The number of hydrogen-bond donors (Lipinski definition) is 0. The summed E-state index contributed by atoms with van der Waals surface area (Å²) in [5, 5.41) is 2.89. The largest absolute Gasteiger partial charge is 0.402 e. The molecular weight excluding hydrogens is 258 g/mol. The van der Waals surface area contributed by atoms with Crippen LogP contribution in [0.1, 0.15) is 0 Å². The lowest BCUT2D eigenvalue weighted by atomic mass is 10.2. The maximum absolute atomic E-state index is 11.8. The van der Waals surface area contributed by atoms with Gasteiger partial charge in [-0.2, -0.15) is 0 Å². The van der Waals surface area contributed by atoms with Crippen LogP contribution in [0.25, 0.3) is 21.7 Å². The molecule has 0 saturated carbocycles. The van der Waals surface area contributed by atoms with Crippen LogP contribution in [0.4, 0.5) is 0 Å². The van der Waals surface area contributed by atoms with Crippen LogP contribution < -0.4 is 5.63 Å². The van der Waals surface area contributed by atoms with Gasteiger partial charge in [0, 0.05) is 5.02 Å². The Hall–Kier alpha value is -1.65. The highest BCUT2D eigenvalue weighted by Crippen LogP contribution is 2.24. The van der Waals surface area contributed by atoms with E-state index in [-0.39, 0.29) is 0 Å². The summed E-state index contributed by atoms with van der Waals surface area (Å²) in [5.74, 6) is 0.333. The van der Waals surface area contributed by atoms with Gasteiger partial charge < -0.3 is 4.42 Å². The minimum atomic E-state index is -0.393. The Morgan fingerprint density at radius 1 is 1.29 bits per heavy atom. The summed E-state index contributed by atoms with van der Waals surface area (Å²) < 4.78 is 5.18. The quantitative estimate of drug-likeness (QED) is 0.674. The van der Waals surface area contributed by atoms with Gasteiger partial charge in [-0.15, -0.1) is 11.3 Å². The first-order valence-corrected chi connectivity index (χ1v) is 6.14. The van der Waals surface area contributed by atoms with Crippen molar-refractivity contribution in [3.05, 3.63) is 51.2 Å². The summed E-state index contributed by atoms with van der Waals surface area (Å²) >= 11 is 7.35. The SMILES string of the molecule is O=c1oc(-c2cccs2)nc2cc(Cl)ccc12. The van der Waals surface area contributed by atoms with Crippen LogP contribution in [0.15, 0.2) is 44.9 Å². The maximum Gasteiger partial charge on any atom is 0.347 e. The van der Waals surface area contributed by atoms with E-state index in [1.165, 1.54) is 11.3 Å². The molecule has 0 radical (unpaired) electrons. The van der Waals surface area contributed by atoms with Crippen LogP contribution in [-0.2, 0) is 0 Å². The molecule has 3 rings (SSSR count). The standard InChI is InChI=1S/C12H6ClNO2S/c13-7-3-4-8-9(6-7)14-11(16-12(8)15)10-2-1-5-17-10/h1-6H. The zero-order valence-corrected chi connectivity index (χ0v) is 10.1. The van der Waals surface area contributed by atoms with E-state index >= 15 is 0 Å². The number of fused-ring (bicyclic) bond motifs is 1. The van der Waals surface area contributed by atoms with Crippen LogP contribution in [0, 0.1) is 0 Å². The van der Waals surface area contributed by atoms with Gasteiger partial charge >= 0.3 is 5.63 Å². The van der Waals surface area contributed by atoms with Crippen LogP contribution in [-0.4, -0.2) is 4.98 Å². The monoisotopic (exact) mass is 263 g/mol. The molecule has 17 heavy (non-hydrogen) atoms. The maximum atomic E-state index is 11.8. The van der Waals surface area contributed by atoms with Gasteiger partial charge in [-0.1, -0.05) is 17.7 Å². The molecule has 3 nitrogen and oxygen atoms in total. The van der Waals surface area contributed by atoms with Crippen molar-refractivity contribution in [3.8, 4) is 10.8 Å². The lowest BCUT2D eigenvalue weighted by molar-refractivity contribution is 0.520. The highest BCUT2D eigenvalue weighted by atomic mass is 35.5. The molecule has 0 amide bonds. The highest BCUT2D eigenvalue weighted by Gasteiger charge is 2.09. The van der Waals surface area contributed by atoms with Crippen LogP contribution in [0.3, 0.4) is 0 Å². The number of hydrogen-bond acceptors (Lipinski definition) is 4. The Bertz CT molecular complexity index is 734. The Morgan fingerprint density at radius 3 is 2.94 bits per heavy atom. The minimum Gasteiger partial charge on any atom is -0.402 e. The fraction of sp³-hybridized carbons (Fsp3) is 0. The van der Waals surface area contributed by atoms with E-state index in [0.717, 1.165) is 4.88 Å². The van der Waals surface area contributed by atoms with Gasteiger partial charge in [0.1, 0.15) is 0 Å². The first-order chi connectivity index (χ1) is 8.24. The van der Waals surface area contributed by atoms with E-state index in [2.05, 4.69) is 4.98 Å². The molecule has 1 aromatic carbocycles. The predicted molar refractivity (Wildman–Crippen MR) is 68.6 cm³/mol. The summed E-state index contributed by atoms with van der Waals surface area (Å²) in [6.07, 6.45) is 0. The molecule has 0 aliphatic carbocycles. The molecule has 0 aliphatic heterocycles. The number of thiophene rings is 1. The molecule has 0 N–H and O–H groups in total. The van der Waals surface area contributed by atoms with Gasteiger partial charge in [-0.25, -0.2) is 9.78 Å². The Balaban J connectivity index is 2.33. The second-order valence-electron chi connectivity index (χ2n) is 3.45. The molecule has 0 unspecified atom stereocenters. The minimum absolute atomic E-state index is 0.333. The normalized spacial score (nSPS) is 10.9. The van der Waals surface area contributed by atoms with E-state index in [0.29, 0.717) is 21.8 Å². The van der Waals surface area contributed by atoms with E-state index in [1.54, 1.807) is 18.2 Å². The number of aromatic nitrogens is 1. The fourth-order valence-electron chi connectivity index (χ4n) is 1.55. The average molecular weight is 264 g/mol. The van der Waals surface area contributed by atoms with Gasteiger partial charge in [-0.05, 0) is 29.6 Å². The lowest BCUT2D eigenvalue weighted by Crippen LogP contribution is -2.02. The molecule has 0 spiro atoms. The summed E-state index contributed by atoms with van der Waals surface area (Å²) in [7, 11) is 0. The third-order valence-corrected chi connectivity index (χ3v) is 3.42. The Labute approximate surface area is 105 Å². The molecule has 0 atom stereocenters. The topological polar surface area (TPSA) is 43.1 Å². The molecular formula is C12H6ClNO2S. The Morgan fingerprint density at radius 2 is 2.18 bits per heavy atom. The summed E-state index contributed by atoms with van der Waals surface area (Å²) in [6.45, 7) is 0. The van der Waals surface area contributed by atoms with E-state index < -0.39 is 5.63 Å². The zero-order valence-electron chi connectivity index (χ0n) is 8.51. The number of benzene rings is 1. The molecule has 2 heterocycles. The average Bonchev–Trinajstić information content (AvgIpc) is 2.81. The highest BCUT2D eigenvalue weighted by molar-refractivity contribution is 7.13. The van der Waals surface area contributed by atoms with Crippen LogP contribution >= 0.6 is 22.9 Å². The van der Waals surface area contributed by atoms with Crippen molar-refractivity contribution in [2.75, 3.05) is 0 Å². The second kappa shape index (κ2) is 3.98. The van der Waals surface area contributed by atoms with Crippen LogP contribution in [0.5, 0.6) is 0 Å². The first kappa shape index (κ1) is 10.5. The molecule has 3 aromatic rings. The molecule has 0 bridgehead atoms. The molecule has 5 heteroatoms. The van der Waals surface area contributed by atoms with Gasteiger partial charge in [-0.3, -0.25) is 0 Å². The second-order valence-corrected chi connectivity index (χ2v) is 4.83. The predicted octanol–water partition coefficient (Wildman–Crippen LogP) is 3.57. The first-order valence-electron chi connectivity index (χ1n) is 4.88. The zero-order chi connectivity index (χ0) is 11.8. The fourth-order valence-corrected chi connectivity index (χ4v) is 2.37. The number of halogens is 1. The third-order valence-electron chi connectivity index (χ3n) is 2.32. The lowest BCUT2D eigenvalue weighted by Gasteiger charge is -1.99. The van der Waals surface area contributed by atoms with Gasteiger partial charge in [0.05, 0.1) is 15.8 Å². The van der Waals surface area contributed by atoms with Crippen LogP contribution in [0.2, 0.25) is 5.02 Å². The van der Waals surface area contributed by atoms with Gasteiger partial charge in [0.15, 0.2) is 0 Å². The number of rotatable bonds is 1. The van der Waals surface area contributed by atoms with Crippen molar-refractivity contribution >= 4 is 33.8 Å². The van der Waals surface area contributed by atoms with Crippen molar-refractivity contribution in [1.29, 1.82) is 0 Å². The van der Waals surface area contributed by atoms with E-state index in [1.807, 2.05) is 17.5 Å². The molecule has 84 valence electrons. The number of nitrogens with zero attached hydrogens (tertiary/aromatic N) is 1. The van der Waals surface area contributed by atoms with Crippen molar-refractivity contribution in [1.82, 2.24) is 4.98 Å². The van der Waals surface area contributed by atoms with Gasteiger partial charge in [0.2, 0.25) is 5.89 Å². The smallest absolute Gasteiger partial charge is 0.347 e. The summed E-state index contributed by atoms with van der Waals surface area (Å²) in [6, 6.07) is 8.66. The Kier molecular flexibility index (Phi) is 2.46. The van der Waals surface area contributed by atoms with Crippen molar-refractivity contribution in [2.45, 2.75) is 0 Å². The summed E-state index contributed by atoms with van der Waals surface area (Å²) in [5.41, 5.74) is 0.159. The molecule has 0 fully saturated rings. The van der Waals surface area contributed by atoms with Gasteiger partial charge in [0.25, 0.3) is 0 Å². The van der Waals surface area contributed by atoms with E-state index in [4.69, 9.17) is 16.0 Å². The van der Waals surface area contributed by atoms with Crippen molar-refractivity contribution < 1.29 is 4.42 Å². The molecule has 2 aromatic heterocycles. The van der Waals surface area contributed by atoms with Crippen molar-refractivity contribution in [2.24, 2.45) is 0 Å².